The lowest BCUT2D eigenvalue weighted by Gasteiger charge is -2.23. The summed E-state index contributed by atoms with van der Waals surface area (Å²) in [6.07, 6.45) is 4.52. The molecular weight excluding hydrogens is 316 g/mol. The van der Waals surface area contributed by atoms with E-state index in [4.69, 9.17) is 4.74 Å². The van der Waals surface area contributed by atoms with Gasteiger partial charge in [-0.25, -0.2) is 4.98 Å². The van der Waals surface area contributed by atoms with E-state index >= 15 is 0 Å². The van der Waals surface area contributed by atoms with Gasteiger partial charge in [-0.05, 0) is 31.6 Å². The van der Waals surface area contributed by atoms with Crippen molar-refractivity contribution >= 4 is 23.2 Å². The highest BCUT2D eigenvalue weighted by molar-refractivity contribution is 7.09. The fourth-order valence-electron chi connectivity index (χ4n) is 4.26. The van der Waals surface area contributed by atoms with Crippen LogP contribution in [0.25, 0.3) is 0 Å². The molecule has 3 heterocycles. The number of carboxylic acids is 1. The minimum Gasteiger partial charge on any atom is -0.481 e. The second-order valence-electron chi connectivity index (χ2n) is 6.81. The van der Waals surface area contributed by atoms with Gasteiger partial charge in [0.15, 0.2) is 0 Å². The SMILES string of the molecule is O=C(c1csc(C2CCCO2)n1)N1C[C@@H]2CCC[C@@]2(C(=O)O)C1. The number of amides is 1. The van der Waals surface area contributed by atoms with Crippen molar-refractivity contribution < 1.29 is 19.4 Å². The number of carbonyl (C=O) groups excluding carboxylic acids is 1. The summed E-state index contributed by atoms with van der Waals surface area (Å²) in [5.41, 5.74) is -0.302. The molecule has 6 nitrogen and oxygen atoms in total. The lowest BCUT2D eigenvalue weighted by molar-refractivity contribution is -0.149. The topological polar surface area (TPSA) is 79.7 Å². The van der Waals surface area contributed by atoms with Crippen molar-refractivity contribution in [3.8, 4) is 0 Å². The molecule has 1 unspecified atom stereocenters. The van der Waals surface area contributed by atoms with Gasteiger partial charge in [0.1, 0.15) is 16.8 Å². The molecule has 1 aromatic heterocycles. The molecule has 3 aliphatic rings. The van der Waals surface area contributed by atoms with Gasteiger partial charge >= 0.3 is 5.97 Å². The molecule has 2 aliphatic heterocycles. The Kier molecular flexibility index (Phi) is 3.65. The Hall–Kier alpha value is -1.47. The number of aliphatic carboxylic acids is 1. The maximum Gasteiger partial charge on any atom is 0.311 e. The van der Waals surface area contributed by atoms with Crippen LogP contribution in [0.1, 0.15) is 53.7 Å². The van der Waals surface area contributed by atoms with Crippen LogP contribution in [0.3, 0.4) is 0 Å². The van der Waals surface area contributed by atoms with Gasteiger partial charge in [-0.2, -0.15) is 0 Å². The molecular formula is C16H20N2O4S. The summed E-state index contributed by atoms with van der Waals surface area (Å²) < 4.78 is 5.61. The van der Waals surface area contributed by atoms with Gasteiger partial charge in [0.2, 0.25) is 0 Å². The van der Waals surface area contributed by atoms with Crippen molar-refractivity contribution in [2.45, 2.75) is 38.2 Å². The lowest BCUT2D eigenvalue weighted by atomic mass is 9.81. The maximum absolute atomic E-state index is 12.7. The van der Waals surface area contributed by atoms with Crippen LogP contribution in [0.5, 0.6) is 0 Å². The van der Waals surface area contributed by atoms with Crippen LogP contribution in [0, 0.1) is 11.3 Å². The molecule has 0 radical (unpaired) electrons. The second-order valence-corrected chi connectivity index (χ2v) is 7.70. The first-order valence-electron chi connectivity index (χ1n) is 8.20. The highest BCUT2D eigenvalue weighted by Crippen LogP contribution is 2.49. The van der Waals surface area contributed by atoms with E-state index < -0.39 is 11.4 Å². The molecule has 23 heavy (non-hydrogen) atoms. The van der Waals surface area contributed by atoms with Crippen LogP contribution in [0.4, 0.5) is 0 Å². The van der Waals surface area contributed by atoms with Crippen molar-refractivity contribution in [3.05, 3.63) is 16.1 Å². The highest BCUT2D eigenvalue weighted by atomic mass is 32.1. The summed E-state index contributed by atoms with van der Waals surface area (Å²) in [7, 11) is 0. The van der Waals surface area contributed by atoms with Crippen LogP contribution in [0.2, 0.25) is 0 Å². The number of carbonyl (C=O) groups is 2. The number of hydrogen-bond donors (Lipinski definition) is 1. The van der Waals surface area contributed by atoms with Crippen LogP contribution in [-0.4, -0.2) is 46.6 Å². The van der Waals surface area contributed by atoms with Gasteiger partial charge in [0, 0.05) is 25.1 Å². The first-order chi connectivity index (χ1) is 11.1. The van der Waals surface area contributed by atoms with Crippen molar-refractivity contribution in [1.29, 1.82) is 0 Å². The predicted octanol–water partition coefficient (Wildman–Crippen LogP) is 2.32. The summed E-state index contributed by atoms with van der Waals surface area (Å²) in [4.78, 5) is 30.6. The minimum atomic E-state index is -0.756. The smallest absolute Gasteiger partial charge is 0.311 e. The minimum absolute atomic E-state index is 0.0184. The van der Waals surface area contributed by atoms with Gasteiger partial charge < -0.3 is 14.7 Å². The molecule has 1 amide bonds. The third-order valence-electron chi connectivity index (χ3n) is 5.53. The molecule has 124 valence electrons. The van der Waals surface area contributed by atoms with E-state index in [-0.39, 0.29) is 17.9 Å². The van der Waals surface area contributed by atoms with Gasteiger partial charge in [-0.1, -0.05) is 6.42 Å². The van der Waals surface area contributed by atoms with E-state index in [1.807, 2.05) is 0 Å². The Morgan fingerprint density at radius 2 is 2.26 bits per heavy atom. The zero-order valence-corrected chi connectivity index (χ0v) is 13.7. The van der Waals surface area contributed by atoms with E-state index in [1.165, 1.54) is 11.3 Å². The van der Waals surface area contributed by atoms with Crippen LogP contribution >= 0.6 is 11.3 Å². The van der Waals surface area contributed by atoms with Crippen LogP contribution < -0.4 is 0 Å². The molecule has 1 N–H and O–H groups in total. The summed E-state index contributed by atoms with van der Waals surface area (Å²) in [6.45, 7) is 1.61. The molecule has 1 aromatic rings. The first kappa shape index (κ1) is 15.1. The molecule has 3 atom stereocenters. The molecule has 4 rings (SSSR count). The van der Waals surface area contributed by atoms with Crippen LogP contribution in [0.15, 0.2) is 5.38 Å². The van der Waals surface area contributed by atoms with Gasteiger partial charge in [0.05, 0.1) is 5.41 Å². The van der Waals surface area contributed by atoms with E-state index in [0.717, 1.165) is 37.3 Å². The number of hydrogen-bond acceptors (Lipinski definition) is 5. The number of fused-ring (bicyclic) bond motifs is 1. The largest absolute Gasteiger partial charge is 0.481 e. The molecule has 0 spiro atoms. The van der Waals surface area contributed by atoms with Crippen molar-refractivity contribution in [2.75, 3.05) is 19.7 Å². The summed E-state index contributed by atoms with van der Waals surface area (Å²) in [5, 5.41) is 12.3. The number of likely N-dealkylation sites (tertiary alicyclic amines) is 1. The van der Waals surface area contributed by atoms with Crippen molar-refractivity contribution in [1.82, 2.24) is 9.88 Å². The number of ether oxygens (including phenoxy) is 1. The maximum atomic E-state index is 12.7. The highest BCUT2D eigenvalue weighted by Gasteiger charge is 2.56. The average molecular weight is 336 g/mol. The molecule has 1 saturated carbocycles. The van der Waals surface area contributed by atoms with Gasteiger partial charge in [-0.15, -0.1) is 11.3 Å². The molecule has 0 aromatic carbocycles. The van der Waals surface area contributed by atoms with E-state index in [0.29, 0.717) is 25.2 Å². The van der Waals surface area contributed by atoms with Gasteiger partial charge in [-0.3, -0.25) is 9.59 Å². The third-order valence-corrected chi connectivity index (χ3v) is 6.47. The fourth-order valence-corrected chi connectivity index (χ4v) is 5.14. The molecule has 1 aliphatic carbocycles. The zero-order chi connectivity index (χ0) is 16.0. The number of carboxylic acid groups (broad SMARTS) is 1. The van der Waals surface area contributed by atoms with Crippen molar-refractivity contribution in [2.24, 2.45) is 11.3 Å². The number of thiazole rings is 1. The fraction of sp³-hybridized carbons (Fsp3) is 0.688. The zero-order valence-electron chi connectivity index (χ0n) is 12.9. The first-order valence-corrected chi connectivity index (χ1v) is 9.08. The van der Waals surface area contributed by atoms with Crippen LogP contribution in [-0.2, 0) is 9.53 Å². The normalized spacial score (nSPS) is 33.1. The molecule has 0 bridgehead atoms. The summed E-state index contributed by atoms with van der Waals surface area (Å²) in [6, 6.07) is 0. The Morgan fingerprint density at radius 1 is 1.39 bits per heavy atom. The van der Waals surface area contributed by atoms with E-state index in [1.54, 1.807) is 10.3 Å². The quantitative estimate of drug-likeness (QED) is 0.916. The Balaban J connectivity index is 1.51. The Bertz CT molecular complexity index is 640. The summed E-state index contributed by atoms with van der Waals surface area (Å²) in [5.74, 6) is -0.811. The Labute approximate surface area is 138 Å². The lowest BCUT2D eigenvalue weighted by Crippen LogP contribution is -2.37. The summed E-state index contributed by atoms with van der Waals surface area (Å²) >= 11 is 1.46. The number of rotatable bonds is 3. The molecule has 7 heteroatoms. The molecule has 3 fully saturated rings. The van der Waals surface area contributed by atoms with Gasteiger partial charge in [0.25, 0.3) is 5.91 Å². The van der Waals surface area contributed by atoms with E-state index in [2.05, 4.69) is 4.98 Å². The standard InChI is InChI=1S/C16H20N2O4S/c19-14(11-8-23-13(17-11)12-4-2-6-22-12)18-7-10-3-1-5-16(10,9-18)15(20)21/h8,10,12H,1-7,9H2,(H,20,21)/t10-,12?,16+/m0/s1. The number of aromatic nitrogens is 1. The van der Waals surface area contributed by atoms with Crippen molar-refractivity contribution in [3.63, 3.8) is 0 Å². The third kappa shape index (κ3) is 2.37. The molecule has 2 saturated heterocycles. The Morgan fingerprint density at radius 3 is 2.96 bits per heavy atom. The average Bonchev–Trinajstić information content (AvgIpc) is 3.27. The second kappa shape index (κ2) is 5.56. The van der Waals surface area contributed by atoms with E-state index in [9.17, 15) is 14.7 Å². The monoisotopic (exact) mass is 336 g/mol. The predicted molar refractivity (Wildman–Crippen MR) is 83.4 cm³/mol. The number of nitrogens with zero attached hydrogens (tertiary/aromatic N) is 2.